The van der Waals surface area contributed by atoms with Gasteiger partial charge in [-0.05, 0) is 26.2 Å². The van der Waals surface area contributed by atoms with Crippen LogP contribution in [0, 0.1) is 6.92 Å². The average Bonchev–Trinajstić information content (AvgIpc) is 3.13. The molecule has 4 rings (SSSR count). The molecule has 1 aliphatic carbocycles. The van der Waals surface area contributed by atoms with Gasteiger partial charge in [-0.15, -0.1) is 0 Å². The second kappa shape index (κ2) is 6.47. The summed E-state index contributed by atoms with van der Waals surface area (Å²) in [6.07, 6.45) is 4.60. The Morgan fingerprint density at radius 2 is 2.12 bits per heavy atom. The molecule has 1 atom stereocenters. The van der Waals surface area contributed by atoms with E-state index in [1.807, 2.05) is 43.5 Å². The van der Waals surface area contributed by atoms with Crippen molar-refractivity contribution in [3.63, 3.8) is 0 Å². The zero-order chi connectivity index (χ0) is 17.2. The molecule has 1 amide bonds. The summed E-state index contributed by atoms with van der Waals surface area (Å²) in [5.41, 5.74) is 3.19. The van der Waals surface area contributed by atoms with Gasteiger partial charge in [-0.2, -0.15) is 0 Å². The van der Waals surface area contributed by atoms with Gasteiger partial charge >= 0.3 is 0 Å². The summed E-state index contributed by atoms with van der Waals surface area (Å²) in [4.78, 5) is 21.3. The lowest BCUT2D eigenvalue weighted by Crippen LogP contribution is -2.31. The first-order chi connectivity index (χ1) is 12.2. The minimum absolute atomic E-state index is 0.0891. The largest absolute Gasteiger partial charge is 0.355 e. The fraction of sp³-hybridized carbons (Fsp3) is 0.263. The highest BCUT2D eigenvalue weighted by molar-refractivity contribution is 5.93. The Balaban J connectivity index is 1.53. The van der Waals surface area contributed by atoms with Gasteiger partial charge in [0, 0.05) is 29.1 Å². The molecule has 1 aliphatic rings. The van der Waals surface area contributed by atoms with Crippen molar-refractivity contribution < 1.29 is 9.32 Å². The predicted molar refractivity (Wildman–Crippen MR) is 91.9 cm³/mol. The van der Waals surface area contributed by atoms with E-state index in [0.717, 1.165) is 41.9 Å². The second-order valence-electron chi connectivity index (χ2n) is 6.18. The molecule has 2 aromatic heterocycles. The van der Waals surface area contributed by atoms with E-state index < -0.39 is 0 Å². The Kier molecular flexibility index (Phi) is 4.01. The third kappa shape index (κ3) is 3.15. The standard InChI is InChI=1S/C19H18N4O2/c1-12-20-11-14-15(21-12)8-5-9-16(14)22-19(24)17-10-18(25-23-17)13-6-3-2-4-7-13/h2-4,6-7,10-11,16H,5,8-9H2,1H3,(H,22,24). The molecule has 0 saturated heterocycles. The number of carbonyl (C=O) groups excluding carboxylic acids is 1. The molecule has 3 aromatic rings. The van der Waals surface area contributed by atoms with Gasteiger partial charge in [-0.1, -0.05) is 35.5 Å². The molecule has 0 bridgehead atoms. The number of aromatic nitrogens is 3. The van der Waals surface area contributed by atoms with E-state index >= 15 is 0 Å². The summed E-state index contributed by atoms with van der Waals surface area (Å²) >= 11 is 0. The van der Waals surface area contributed by atoms with Crippen LogP contribution in [0.5, 0.6) is 0 Å². The lowest BCUT2D eigenvalue weighted by atomic mass is 9.92. The van der Waals surface area contributed by atoms with Crippen molar-refractivity contribution in [1.29, 1.82) is 0 Å². The predicted octanol–water partition coefficient (Wildman–Crippen LogP) is 3.25. The summed E-state index contributed by atoms with van der Waals surface area (Å²) < 4.78 is 5.31. The average molecular weight is 334 g/mol. The highest BCUT2D eigenvalue weighted by Crippen LogP contribution is 2.28. The van der Waals surface area contributed by atoms with Crippen LogP contribution in [0.2, 0.25) is 0 Å². The Labute approximate surface area is 145 Å². The van der Waals surface area contributed by atoms with Crippen molar-refractivity contribution in [2.24, 2.45) is 0 Å². The number of nitrogens with one attached hydrogen (secondary N) is 1. The Morgan fingerprint density at radius 1 is 1.28 bits per heavy atom. The van der Waals surface area contributed by atoms with E-state index in [1.165, 1.54) is 0 Å². The summed E-state index contributed by atoms with van der Waals surface area (Å²) in [5, 5.41) is 6.94. The Morgan fingerprint density at radius 3 is 2.96 bits per heavy atom. The van der Waals surface area contributed by atoms with Crippen molar-refractivity contribution in [2.45, 2.75) is 32.2 Å². The molecule has 0 fully saturated rings. The van der Waals surface area contributed by atoms with E-state index in [4.69, 9.17) is 4.52 Å². The second-order valence-corrected chi connectivity index (χ2v) is 6.18. The first-order valence-electron chi connectivity index (χ1n) is 8.36. The van der Waals surface area contributed by atoms with Crippen LogP contribution in [-0.2, 0) is 6.42 Å². The third-order valence-corrected chi connectivity index (χ3v) is 4.41. The quantitative estimate of drug-likeness (QED) is 0.795. The number of benzene rings is 1. The lowest BCUT2D eigenvalue weighted by molar-refractivity contribution is 0.0923. The molecule has 1 aromatic carbocycles. The van der Waals surface area contributed by atoms with Gasteiger partial charge < -0.3 is 9.84 Å². The van der Waals surface area contributed by atoms with Gasteiger partial charge in [0.05, 0.1) is 6.04 Å². The van der Waals surface area contributed by atoms with E-state index in [1.54, 1.807) is 6.07 Å². The Hall–Kier alpha value is -3.02. The fourth-order valence-corrected chi connectivity index (χ4v) is 3.15. The third-order valence-electron chi connectivity index (χ3n) is 4.41. The van der Waals surface area contributed by atoms with Crippen LogP contribution < -0.4 is 5.32 Å². The van der Waals surface area contributed by atoms with E-state index in [0.29, 0.717) is 5.76 Å². The van der Waals surface area contributed by atoms with Crippen molar-refractivity contribution in [3.05, 3.63) is 65.4 Å². The number of hydrogen-bond donors (Lipinski definition) is 1. The summed E-state index contributed by atoms with van der Waals surface area (Å²) in [7, 11) is 0. The molecular formula is C19H18N4O2. The number of nitrogens with zero attached hydrogens (tertiary/aromatic N) is 3. The van der Waals surface area contributed by atoms with Gasteiger partial charge in [0.15, 0.2) is 11.5 Å². The molecule has 0 saturated carbocycles. The molecule has 25 heavy (non-hydrogen) atoms. The van der Waals surface area contributed by atoms with Crippen molar-refractivity contribution >= 4 is 5.91 Å². The van der Waals surface area contributed by atoms with Gasteiger partial charge in [0.1, 0.15) is 5.82 Å². The molecule has 0 radical (unpaired) electrons. The zero-order valence-electron chi connectivity index (χ0n) is 13.9. The maximum Gasteiger partial charge on any atom is 0.273 e. The highest BCUT2D eigenvalue weighted by Gasteiger charge is 2.25. The summed E-state index contributed by atoms with van der Waals surface area (Å²) in [6, 6.07) is 11.2. The van der Waals surface area contributed by atoms with Gasteiger partial charge in [-0.3, -0.25) is 4.79 Å². The van der Waals surface area contributed by atoms with Crippen LogP contribution in [0.4, 0.5) is 0 Å². The van der Waals surface area contributed by atoms with Crippen LogP contribution in [0.15, 0.2) is 47.1 Å². The van der Waals surface area contributed by atoms with Crippen molar-refractivity contribution in [2.75, 3.05) is 0 Å². The van der Waals surface area contributed by atoms with Crippen LogP contribution in [-0.4, -0.2) is 21.0 Å². The van der Waals surface area contributed by atoms with Gasteiger partial charge in [0.2, 0.25) is 0 Å². The van der Waals surface area contributed by atoms with Gasteiger partial charge in [0.25, 0.3) is 5.91 Å². The topological polar surface area (TPSA) is 80.9 Å². The van der Waals surface area contributed by atoms with E-state index in [9.17, 15) is 4.79 Å². The molecule has 126 valence electrons. The smallest absolute Gasteiger partial charge is 0.273 e. The zero-order valence-corrected chi connectivity index (χ0v) is 13.9. The number of amides is 1. The molecule has 6 heteroatoms. The van der Waals surface area contributed by atoms with Crippen molar-refractivity contribution in [3.8, 4) is 11.3 Å². The maximum absolute atomic E-state index is 12.6. The minimum Gasteiger partial charge on any atom is -0.355 e. The number of carbonyl (C=O) groups is 1. The minimum atomic E-state index is -0.246. The molecule has 1 N–H and O–H groups in total. The van der Waals surface area contributed by atoms with Crippen LogP contribution in [0.25, 0.3) is 11.3 Å². The van der Waals surface area contributed by atoms with Crippen molar-refractivity contribution in [1.82, 2.24) is 20.4 Å². The SMILES string of the molecule is Cc1ncc2c(n1)CCCC2NC(=O)c1cc(-c2ccccc2)on1. The van der Waals surface area contributed by atoms with Crippen LogP contribution in [0.3, 0.4) is 0 Å². The molecule has 1 unspecified atom stereocenters. The Bertz CT molecular complexity index is 905. The number of rotatable bonds is 3. The monoisotopic (exact) mass is 334 g/mol. The maximum atomic E-state index is 12.6. The summed E-state index contributed by atoms with van der Waals surface area (Å²) in [6.45, 7) is 1.88. The molecule has 0 aliphatic heterocycles. The first-order valence-corrected chi connectivity index (χ1v) is 8.36. The highest BCUT2D eigenvalue weighted by atomic mass is 16.5. The molecule has 6 nitrogen and oxygen atoms in total. The van der Waals surface area contributed by atoms with Crippen LogP contribution >= 0.6 is 0 Å². The lowest BCUT2D eigenvalue weighted by Gasteiger charge is -2.25. The fourth-order valence-electron chi connectivity index (χ4n) is 3.15. The number of fused-ring (bicyclic) bond motifs is 1. The van der Waals surface area contributed by atoms with Gasteiger partial charge in [-0.25, -0.2) is 9.97 Å². The molecular weight excluding hydrogens is 316 g/mol. The van der Waals surface area contributed by atoms with Crippen LogP contribution in [0.1, 0.15) is 46.5 Å². The number of hydrogen-bond acceptors (Lipinski definition) is 5. The van der Waals surface area contributed by atoms with E-state index in [-0.39, 0.29) is 17.6 Å². The molecule has 0 spiro atoms. The van der Waals surface area contributed by atoms with E-state index in [2.05, 4.69) is 20.4 Å². The number of aryl methyl sites for hydroxylation is 2. The normalized spacial score (nSPS) is 16.3. The summed E-state index contributed by atoms with van der Waals surface area (Å²) in [5.74, 6) is 1.09. The molecule has 2 heterocycles. The first kappa shape index (κ1) is 15.5.